The smallest absolute Gasteiger partial charge is 0.273 e. The summed E-state index contributed by atoms with van der Waals surface area (Å²) in [4.78, 5) is 11.5. The average molecular weight is 180 g/mol. The number of nitrogens with one attached hydrogen (secondary N) is 2. The van der Waals surface area contributed by atoms with Crippen molar-refractivity contribution in [2.24, 2.45) is 0 Å². The lowest BCUT2D eigenvalue weighted by Crippen LogP contribution is -2.51. The Kier molecular flexibility index (Phi) is 1.79. The van der Waals surface area contributed by atoms with Crippen LogP contribution in [0.2, 0.25) is 0 Å². The molecule has 1 heterocycles. The third kappa shape index (κ3) is 1.54. The molecule has 0 unspecified atom stereocenters. The fourth-order valence-corrected chi connectivity index (χ4v) is 1.48. The first kappa shape index (κ1) is 8.22. The average Bonchev–Trinajstić information content (AvgIpc) is 2.53. The molecule has 1 aliphatic rings. The molecule has 0 bridgehead atoms. The van der Waals surface area contributed by atoms with E-state index in [1.807, 2.05) is 0 Å². The molecule has 1 aromatic rings. The molecule has 0 aliphatic heterocycles. The molecule has 13 heavy (non-hydrogen) atoms. The van der Waals surface area contributed by atoms with Crippen LogP contribution in [0.5, 0.6) is 0 Å². The van der Waals surface area contributed by atoms with E-state index in [4.69, 9.17) is 0 Å². The van der Waals surface area contributed by atoms with E-state index < -0.39 is 0 Å². The van der Waals surface area contributed by atoms with Crippen molar-refractivity contribution in [2.45, 2.75) is 31.7 Å². The summed E-state index contributed by atoms with van der Waals surface area (Å²) in [7, 11) is 0. The Morgan fingerprint density at radius 1 is 1.69 bits per heavy atom. The topological polar surface area (TPSA) is 70.7 Å². The molecule has 2 rings (SSSR count). The molecule has 0 saturated heterocycles. The molecule has 1 aromatic heterocycles. The summed E-state index contributed by atoms with van der Waals surface area (Å²) in [5.41, 5.74) is 0.337. The number of amides is 1. The molecule has 0 spiro atoms. The summed E-state index contributed by atoms with van der Waals surface area (Å²) in [5, 5.41) is 12.6. The first-order chi connectivity index (χ1) is 6.20. The normalized spacial score (nSPS) is 19.2. The molecular formula is C8H12N4O. The number of aromatic amines is 1. The van der Waals surface area contributed by atoms with Crippen LogP contribution in [0.15, 0.2) is 6.20 Å². The highest BCUT2D eigenvalue weighted by Gasteiger charge is 2.33. The lowest BCUT2D eigenvalue weighted by Gasteiger charge is -2.38. The van der Waals surface area contributed by atoms with Crippen molar-refractivity contribution in [3.8, 4) is 0 Å². The van der Waals surface area contributed by atoms with Gasteiger partial charge in [0.2, 0.25) is 0 Å². The lowest BCUT2D eigenvalue weighted by atomic mass is 9.78. The van der Waals surface area contributed by atoms with Gasteiger partial charge in [0.15, 0.2) is 5.69 Å². The molecule has 0 atom stereocenters. The standard InChI is InChI=1S/C8H12N4O/c1-8(3-2-4-8)10-7(13)6-5-9-12-11-6/h5H,2-4H2,1H3,(H,10,13)(H,9,11,12). The summed E-state index contributed by atoms with van der Waals surface area (Å²) in [6.45, 7) is 2.05. The summed E-state index contributed by atoms with van der Waals surface area (Å²) >= 11 is 0. The maximum absolute atomic E-state index is 11.5. The van der Waals surface area contributed by atoms with Crippen LogP contribution in [-0.4, -0.2) is 26.9 Å². The van der Waals surface area contributed by atoms with Crippen LogP contribution >= 0.6 is 0 Å². The molecule has 1 amide bonds. The van der Waals surface area contributed by atoms with Crippen molar-refractivity contribution in [2.75, 3.05) is 0 Å². The van der Waals surface area contributed by atoms with Crippen molar-refractivity contribution in [3.63, 3.8) is 0 Å². The van der Waals surface area contributed by atoms with Gasteiger partial charge in [0.05, 0.1) is 6.20 Å². The molecule has 1 saturated carbocycles. The zero-order valence-electron chi connectivity index (χ0n) is 7.50. The quantitative estimate of drug-likeness (QED) is 0.695. The minimum atomic E-state index is -0.143. The van der Waals surface area contributed by atoms with Gasteiger partial charge in [-0.1, -0.05) is 0 Å². The van der Waals surface area contributed by atoms with Gasteiger partial charge in [-0.05, 0) is 26.2 Å². The van der Waals surface area contributed by atoms with Gasteiger partial charge in [0, 0.05) is 5.54 Å². The highest BCUT2D eigenvalue weighted by atomic mass is 16.2. The van der Waals surface area contributed by atoms with Crippen LogP contribution in [0.25, 0.3) is 0 Å². The number of nitrogens with zero attached hydrogens (tertiary/aromatic N) is 2. The van der Waals surface area contributed by atoms with Crippen LogP contribution in [0.4, 0.5) is 0 Å². The molecule has 1 aliphatic carbocycles. The first-order valence-electron chi connectivity index (χ1n) is 4.38. The van der Waals surface area contributed by atoms with Gasteiger partial charge in [-0.25, -0.2) is 0 Å². The van der Waals surface area contributed by atoms with Crippen molar-refractivity contribution < 1.29 is 4.79 Å². The minimum Gasteiger partial charge on any atom is -0.345 e. The summed E-state index contributed by atoms with van der Waals surface area (Å²) in [6, 6.07) is 0. The van der Waals surface area contributed by atoms with Gasteiger partial charge in [0.25, 0.3) is 5.91 Å². The third-order valence-electron chi connectivity index (χ3n) is 2.52. The Balaban J connectivity index is 1.99. The van der Waals surface area contributed by atoms with Crippen molar-refractivity contribution in [3.05, 3.63) is 11.9 Å². The molecule has 70 valence electrons. The van der Waals surface area contributed by atoms with Gasteiger partial charge >= 0.3 is 0 Å². The third-order valence-corrected chi connectivity index (χ3v) is 2.52. The summed E-state index contributed by atoms with van der Waals surface area (Å²) < 4.78 is 0. The van der Waals surface area contributed by atoms with Gasteiger partial charge in [-0.15, -0.1) is 0 Å². The van der Waals surface area contributed by atoms with Crippen LogP contribution in [0.3, 0.4) is 0 Å². The molecular weight excluding hydrogens is 168 g/mol. The van der Waals surface area contributed by atoms with E-state index in [1.165, 1.54) is 12.6 Å². The monoisotopic (exact) mass is 180 g/mol. The number of aromatic nitrogens is 3. The van der Waals surface area contributed by atoms with Gasteiger partial charge in [-0.2, -0.15) is 15.4 Å². The lowest BCUT2D eigenvalue weighted by molar-refractivity contribution is 0.0845. The largest absolute Gasteiger partial charge is 0.345 e. The van der Waals surface area contributed by atoms with Gasteiger partial charge < -0.3 is 5.32 Å². The fraction of sp³-hybridized carbons (Fsp3) is 0.625. The maximum Gasteiger partial charge on any atom is 0.273 e. The van der Waals surface area contributed by atoms with Crippen molar-refractivity contribution >= 4 is 5.91 Å². The maximum atomic E-state index is 11.5. The number of carbonyl (C=O) groups is 1. The highest BCUT2D eigenvalue weighted by molar-refractivity contribution is 5.92. The zero-order chi connectivity index (χ0) is 9.31. The number of H-pyrrole nitrogens is 1. The van der Waals surface area contributed by atoms with Gasteiger partial charge in [-0.3, -0.25) is 4.79 Å². The highest BCUT2D eigenvalue weighted by Crippen LogP contribution is 2.30. The van der Waals surface area contributed by atoms with E-state index >= 15 is 0 Å². The van der Waals surface area contributed by atoms with E-state index in [-0.39, 0.29) is 11.4 Å². The van der Waals surface area contributed by atoms with Crippen molar-refractivity contribution in [1.29, 1.82) is 0 Å². The molecule has 5 nitrogen and oxygen atoms in total. The second-order valence-corrected chi connectivity index (χ2v) is 3.72. The van der Waals surface area contributed by atoms with Crippen LogP contribution in [0.1, 0.15) is 36.7 Å². The fourth-order valence-electron chi connectivity index (χ4n) is 1.48. The molecule has 2 N–H and O–H groups in total. The second-order valence-electron chi connectivity index (χ2n) is 3.72. The number of rotatable bonds is 2. The van der Waals surface area contributed by atoms with E-state index in [9.17, 15) is 4.79 Å². The second kappa shape index (κ2) is 2.83. The minimum absolute atomic E-state index is 0.0178. The molecule has 0 aromatic carbocycles. The Labute approximate surface area is 75.9 Å². The van der Waals surface area contributed by atoms with Crippen molar-refractivity contribution in [1.82, 2.24) is 20.7 Å². The van der Waals surface area contributed by atoms with E-state index in [1.54, 1.807) is 0 Å². The molecule has 5 heteroatoms. The predicted octanol–water partition coefficient (Wildman–Crippen LogP) is 0.477. The number of hydrogen-bond acceptors (Lipinski definition) is 3. The van der Waals surface area contributed by atoms with Crippen LogP contribution in [0, 0.1) is 0 Å². The van der Waals surface area contributed by atoms with E-state index in [0.29, 0.717) is 5.69 Å². The van der Waals surface area contributed by atoms with Crippen LogP contribution < -0.4 is 5.32 Å². The Morgan fingerprint density at radius 2 is 2.46 bits per heavy atom. The SMILES string of the molecule is CC1(NC(=O)c2cn[nH]n2)CCC1. The van der Waals surface area contributed by atoms with E-state index in [2.05, 4.69) is 27.7 Å². The Morgan fingerprint density at radius 3 is 2.92 bits per heavy atom. The Hall–Kier alpha value is -1.39. The molecule has 1 fully saturated rings. The number of hydrogen-bond donors (Lipinski definition) is 2. The van der Waals surface area contributed by atoms with E-state index in [0.717, 1.165) is 12.8 Å². The summed E-state index contributed by atoms with van der Waals surface area (Å²) in [5.74, 6) is -0.143. The zero-order valence-corrected chi connectivity index (χ0v) is 7.50. The summed E-state index contributed by atoms with van der Waals surface area (Å²) in [6.07, 6.45) is 4.72. The van der Waals surface area contributed by atoms with Crippen LogP contribution in [-0.2, 0) is 0 Å². The number of carbonyl (C=O) groups excluding carboxylic acids is 1. The molecule has 0 radical (unpaired) electrons. The van der Waals surface area contributed by atoms with Gasteiger partial charge in [0.1, 0.15) is 0 Å². The first-order valence-corrected chi connectivity index (χ1v) is 4.38. The predicted molar refractivity (Wildman–Crippen MR) is 46.1 cm³/mol. The Bertz CT molecular complexity index is 302.